The Labute approximate surface area is 103 Å². The van der Waals surface area contributed by atoms with E-state index in [1.165, 1.54) is 18.3 Å². The van der Waals surface area contributed by atoms with Crippen molar-refractivity contribution in [3.8, 4) is 0 Å². The summed E-state index contributed by atoms with van der Waals surface area (Å²) in [5, 5.41) is 3.82. The third-order valence-corrected chi connectivity index (χ3v) is 2.18. The van der Waals surface area contributed by atoms with Crippen molar-refractivity contribution in [3.63, 3.8) is 0 Å². The molecule has 3 nitrogen and oxygen atoms in total. The van der Waals surface area contributed by atoms with Crippen molar-refractivity contribution in [1.82, 2.24) is 5.43 Å². The van der Waals surface area contributed by atoms with E-state index in [1.54, 1.807) is 0 Å². The van der Waals surface area contributed by atoms with Crippen molar-refractivity contribution in [2.45, 2.75) is 20.0 Å². The molecule has 0 spiro atoms. The first-order valence-corrected chi connectivity index (χ1v) is 5.20. The molecule has 0 bridgehead atoms. The molecule has 1 rings (SSSR count). The first-order chi connectivity index (χ1) is 8.30. The summed E-state index contributed by atoms with van der Waals surface area (Å²) in [4.78, 5) is 0. The Hall–Kier alpha value is -1.98. The van der Waals surface area contributed by atoms with Gasteiger partial charge in [-0.05, 0) is 37.1 Å². The molecule has 0 aliphatic heterocycles. The van der Waals surface area contributed by atoms with Gasteiger partial charge in [0.2, 0.25) is 0 Å². The maximum Gasteiger partial charge on any atom is 0.416 e. The van der Waals surface area contributed by atoms with E-state index in [0.717, 1.165) is 17.7 Å². The monoisotopic (exact) mass is 257 g/mol. The first-order valence-electron chi connectivity index (χ1n) is 5.20. The van der Waals surface area contributed by atoms with Crippen LogP contribution in [-0.2, 0) is 6.18 Å². The van der Waals surface area contributed by atoms with Gasteiger partial charge in [0.25, 0.3) is 0 Å². The molecule has 3 N–H and O–H groups in total. The van der Waals surface area contributed by atoms with Crippen molar-refractivity contribution in [2.24, 2.45) is 10.8 Å². The molecule has 0 amide bonds. The van der Waals surface area contributed by atoms with Crippen molar-refractivity contribution in [1.29, 1.82) is 0 Å². The summed E-state index contributed by atoms with van der Waals surface area (Å²) in [6.45, 7) is 3.63. The number of allylic oxidation sites excluding steroid dienone is 1. The molecule has 98 valence electrons. The third kappa shape index (κ3) is 4.12. The van der Waals surface area contributed by atoms with E-state index in [9.17, 15) is 13.2 Å². The molecule has 6 heteroatoms. The highest BCUT2D eigenvalue weighted by molar-refractivity contribution is 5.79. The Balaban J connectivity index is 2.70. The van der Waals surface area contributed by atoms with E-state index in [2.05, 4.69) is 10.5 Å². The second-order valence-corrected chi connectivity index (χ2v) is 3.90. The Bertz CT molecular complexity index is 454. The van der Waals surface area contributed by atoms with Crippen LogP contribution in [0.4, 0.5) is 13.2 Å². The fourth-order valence-electron chi connectivity index (χ4n) is 1.05. The van der Waals surface area contributed by atoms with Gasteiger partial charge in [0.15, 0.2) is 0 Å². The van der Waals surface area contributed by atoms with Crippen LogP contribution in [0.3, 0.4) is 0 Å². The third-order valence-electron chi connectivity index (χ3n) is 2.18. The van der Waals surface area contributed by atoms with Gasteiger partial charge in [0.1, 0.15) is 5.82 Å². The average molecular weight is 257 g/mol. The minimum absolute atomic E-state index is 0.415. The van der Waals surface area contributed by atoms with Crippen LogP contribution in [0.15, 0.2) is 40.8 Å². The van der Waals surface area contributed by atoms with Crippen LogP contribution in [0.25, 0.3) is 0 Å². The van der Waals surface area contributed by atoms with Crippen LogP contribution in [0.1, 0.15) is 25.0 Å². The normalized spacial score (nSPS) is 11.6. The molecular formula is C12H14F3N3. The number of halogens is 3. The summed E-state index contributed by atoms with van der Waals surface area (Å²) in [7, 11) is 0. The number of alkyl halides is 3. The van der Waals surface area contributed by atoms with Gasteiger partial charge < -0.3 is 5.73 Å². The highest BCUT2D eigenvalue weighted by Crippen LogP contribution is 2.28. The molecule has 0 atom stereocenters. The minimum Gasteiger partial charge on any atom is -0.384 e. The maximum atomic E-state index is 12.3. The van der Waals surface area contributed by atoms with E-state index in [4.69, 9.17) is 5.73 Å². The lowest BCUT2D eigenvalue weighted by Crippen LogP contribution is -2.15. The van der Waals surface area contributed by atoms with Crippen LogP contribution in [0, 0.1) is 0 Å². The van der Waals surface area contributed by atoms with Gasteiger partial charge >= 0.3 is 6.18 Å². The number of rotatable bonds is 3. The SMILES string of the molecule is CC(C)=C(N)N/N=C/c1ccc(C(F)(F)F)cc1. The molecule has 0 aromatic heterocycles. The van der Waals surface area contributed by atoms with Crippen molar-refractivity contribution in [2.75, 3.05) is 0 Å². The van der Waals surface area contributed by atoms with E-state index < -0.39 is 11.7 Å². The fraction of sp³-hybridized carbons (Fsp3) is 0.250. The number of nitrogens with zero attached hydrogens (tertiary/aromatic N) is 1. The molecule has 18 heavy (non-hydrogen) atoms. The predicted molar refractivity (Wildman–Crippen MR) is 64.7 cm³/mol. The number of hydrogen-bond donors (Lipinski definition) is 2. The van der Waals surface area contributed by atoms with Crippen molar-refractivity contribution >= 4 is 6.21 Å². The molecule has 0 saturated heterocycles. The molecule has 0 aliphatic rings. The van der Waals surface area contributed by atoms with Gasteiger partial charge in [0.05, 0.1) is 11.8 Å². The first kappa shape index (κ1) is 14.1. The van der Waals surface area contributed by atoms with Crippen LogP contribution < -0.4 is 11.2 Å². The van der Waals surface area contributed by atoms with E-state index in [0.29, 0.717) is 11.4 Å². The van der Waals surface area contributed by atoms with Crippen LogP contribution in [-0.4, -0.2) is 6.21 Å². The molecule has 0 fully saturated rings. The molecule has 0 saturated carbocycles. The zero-order valence-electron chi connectivity index (χ0n) is 10.0. The van der Waals surface area contributed by atoms with E-state index in [-0.39, 0.29) is 0 Å². The second-order valence-electron chi connectivity index (χ2n) is 3.90. The van der Waals surface area contributed by atoms with Gasteiger partial charge in [0, 0.05) is 0 Å². The smallest absolute Gasteiger partial charge is 0.384 e. The zero-order chi connectivity index (χ0) is 13.8. The Morgan fingerprint density at radius 2 is 1.78 bits per heavy atom. The summed E-state index contributed by atoms with van der Waals surface area (Å²) < 4.78 is 36.9. The summed E-state index contributed by atoms with van der Waals surface area (Å²) in [5.41, 5.74) is 8.89. The Morgan fingerprint density at radius 1 is 1.22 bits per heavy atom. The standard InChI is InChI=1S/C12H14F3N3/c1-8(2)11(16)18-17-7-9-3-5-10(6-4-9)12(13,14)15/h3-7,18H,16H2,1-2H3/b17-7+. The number of nitrogens with two attached hydrogens (primary N) is 1. The average Bonchev–Trinajstić information content (AvgIpc) is 2.28. The van der Waals surface area contributed by atoms with E-state index >= 15 is 0 Å². The van der Waals surface area contributed by atoms with Gasteiger partial charge in [-0.15, -0.1) is 0 Å². The summed E-state index contributed by atoms with van der Waals surface area (Å²) >= 11 is 0. The predicted octanol–water partition coefficient (Wildman–Crippen LogP) is 2.84. The fourth-order valence-corrected chi connectivity index (χ4v) is 1.05. The highest BCUT2D eigenvalue weighted by atomic mass is 19.4. The lowest BCUT2D eigenvalue weighted by molar-refractivity contribution is -0.137. The summed E-state index contributed by atoms with van der Waals surface area (Å²) in [5.74, 6) is 0.415. The Kier molecular flexibility index (Phi) is 4.36. The number of hydrazone groups is 1. The Morgan fingerprint density at radius 3 is 2.22 bits per heavy atom. The number of nitrogens with one attached hydrogen (secondary N) is 1. The van der Waals surface area contributed by atoms with Crippen molar-refractivity contribution < 1.29 is 13.2 Å². The topological polar surface area (TPSA) is 50.4 Å². The summed E-state index contributed by atoms with van der Waals surface area (Å²) in [6, 6.07) is 4.69. The maximum absolute atomic E-state index is 12.3. The van der Waals surface area contributed by atoms with Crippen LogP contribution >= 0.6 is 0 Å². The second kappa shape index (κ2) is 5.57. The highest BCUT2D eigenvalue weighted by Gasteiger charge is 2.29. The lowest BCUT2D eigenvalue weighted by atomic mass is 10.1. The lowest BCUT2D eigenvalue weighted by Gasteiger charge is -2.06. The van der Waals surface area contributed by atoms with Gasteiger partial charge in [-0.1, -0.05) is 12.1 Å². The molecule has 1 aromatic carbocycles. The number of hydrogen-bond acceptors (Lipinski definition) is 3. The largest absolute Gasteiger partial charge is 0.416 e. The molecule has 0 radical (unpaired) electrons. The van der Waals surface area contributed by atoms with Crippen LogP contribution in [0.5, 0.6) is 0 Å². The zero-order valence-corrected chi connectivity index (χ0v) is 10.0. The quantitative estimate of drug-likeness (QED) is 0.646. The molecule has 0 heterocycles. The van der Waals surface area contributed by atoms with Crippen LogP contribution in [0.2, 0.25) is 0 Å². The molecule has 0 unspecified atom stereocenters. The van der Waals surface area contributed by atoms with Gasteiger partial charge in [-0.25, -0.2) is 0 Å². The van der Waals surface area contributed by atoms with Crippen molar-refractivity contribution in [3.05, 3.63) is 46.8 Å². The summed E-state index contributed by atoms with van der Waals surface area (Å²) in [6.07, 6.45) is -2.92. The molecule has 0 aliphatic carbocycles. The number of benzene rings is 1. The molecular weight excluding hydrogens is 243 g/mol. The molecule has 1 aromatic rings. The minimum atomic E-state index is -4.32. The van der Waals surface area contributed by atoms with Gasteiger partial charge in [-0.3, -0.25) is 5.43 Å². The van der Waals surface area contributed by atoms with Gasteiger partial charge in [-0.2, -0.15) is 18.3 Å². The van der Waals surface area contributed by atoms with E-state index in [1.807, 2.05) is 13.8 Å².